The zero-order chi connectivity index (χ0) is 14.5. The first-order valence-electron chi connectivity index (χ1n) is 7.43. The molecule has 0 aliphatic carbocycles. The van der Waals surface area contributed by atoms with Crippen molar-refractivity contribution in [3.63, 3.8) is 0 Å². The van der Waals surface area contributed by atoms with E-state index in [9.17, 15) is 5.11 Å². The summed E-state index contributed by atoms with van der Waals surface area (Å²) in [5.74, 6) is 0. The molecule has 0 aromatic heterocycles. The van der Waals surface area contributed by atoms with Gasteiger partial charge < -0.3 is 15.3 Å². The summed E-state index contributed by atoms with van der Waals surface area (Å²) in [4.78, 5) is 2.34. The molecule has 0 amide bonds. The molecule has 1 aliphatic rings. The van der Waals surface area contributed by atoms with Crippen LogP contribution in [0.1, 0.15) is 29.5 Å². The van der Waals surface area contributed by atoms with Gasteiger partial charge in [0.15, 0.2) is 0 Å². The predicted molar refractivity (Wildman–Crippen MR) is 84.3 cm³/mol. The second kappa shape index (κ2) is 7.41. The molecule has 1 heterocycles. The molecule has 4 heteroatoms. The number of β-amino-alcohol motifs (C(OH)–C–C–N with tert-alkyl or cyclic N) is 1. The predicted octanol–water partition coefficient (Wildman–Crippen LogP) is 2.50. The Balaban J connectivity index is 1.77. The van der Waals surface area contributed by atoms with Gasteiger partial charge in [-0.15, -0.1) is 0 Å². The number of hydrogen-bond acceptors (Lipinski definition) is 3. The number of rotatable bonds is 6. The number of nitrogens with one attached hydrogen (secondary N) is 1. The van der Waals surface area contributed by atoms with E-state index in [1.807, 2.05) is 12.1 Å². The van der Waals surface area contributed by atoms with E-state index in [2.05, 4.69) is 24.1 Å². The third kappa shape index (κ3) is 4.45. The third-order valence-corrected chi connectivity index (χ3v) is 4.23. The largest absolute Gasteiger partial charge is 0.390 e. The zero-order valence-corrected chi connectivity index (χ0v) is 13.2. The summed E-state index contributed by atoms with van der Waals surface area (Å²) in [5.41, 5.74) is 3.69. The molecule has 1 aliphatic heterocycles. The van der Waals surface area contributed by atoms with Crippen molar-refractivity contribution in [2.75, 3.05) is 26.2 Å². The molecule has 2 N–H and O–H groups in total. The van der Waals surface area contributed by atoms with Crippen molar-refractivity contribution < 1.29 is 5.11 Å². The summed E-state index contributed by atoms with van der Waals surface area (Å²) >= 11 is 6.04. The molecule has 1 aromatic carbocycles. The number of hydrogen-bond donors (Lipinski definition) is 2. The number of aliphatic hydroxyl groups excluding tert-OH is 1. The molecule has 20 heavy (non-hydrogen) atoms. The maximum atomic E-state index is 10.0. The van der Waals surface area contributed by atoms with Crippen LogP contribution >= 0.6 is 11.6 Å². The highest BCUT2D eigenvalue weighted by atomic mass is 35.5. The van der Waals surface area contributed by atoms with E-state index in [0.717, 1.165) is 31.2 Å². The minimum absolute atomic E-state index is 0.291. The Morgan fingerprint density at radius 2 is 1.85 bits per heavy atom. The Morgan fingerprint density at radius 3 is 2.45 bits per heavy atom. The molecule has 0 radical (unpaired) electrons. The van der Waals surface area contributed by atoms with E-state index in [-0.39, 0.29) is 6.10 Å². The van der Waals surface area contributed by atoms with Crippen LogP contribution < -0.4 is 5.32 Å². The highest BCUT2D eigenvalue weighted by molar-refractivity contribution is 6.30. The van der Waals surface area contributed by atoms with Crippen LogP contribution in [0.2, 0.25) is 5.02 Å². The molecule has 0 saturated carbocycles. The van der Waals surface area contributed by atoms with Gasteiger partial charge >= 0.3 is 0 Å². The lowest BCUT2D eigenvalue weighted by molar-refractivity contribution is 0.123. The highest BCUT2D eigenvalue weighted by Crippen LogP contribution is 2.19. The average Bonchev–Trinajstić information content (AvgIpc) is 2.85. The number of aliphatic hydroxyl groups is 1. The van der Waals surface area contributed by atoms with Crippen molar-refractivity contribution >= 4 is 11.6 Å². The molecule has 1 saturated heterocycles. The fourth-order valence-electron chi connectivity index (χ4n) is 2.91. The first-order valence-corrected chi connectivity index (χ1v) is 7.81. The van der Waals surface area contributed by atoms with Crippen molar-refractivity contribution in [1.82, 2.24) is 10.2 Å². The summed E-state index contributed by atoms with van der Waals surface area (Å²) in [5, 5.41) is 14.2. The van der Waals surface area contributed by atoms with Crippen LogP contribution in [-0.4, -0.2) is 42.3 Å². The Hall–Kier alpha value is -0.610. The van der Waals surface area contributed by atoms with Gasteiger partial charge in [-0.3, -0.25) is 0 Å². The van der Waals surface area contributed by atoms with E-state index < -0.39 is 0 Å². The summed E-state index contributed by atoms with van der Waals surface area (Å²) in [6.45, 7) is 8.63. The van der Waals surface area contributed by atoms with Gasteiger partial charge in [-0.25, -0.2) is 0 Å². The number of nitrogens with zero attached hydrogens (tertiary/aromatic N) is 1. The molecular weight excluding hydrogens is 272 g/mol. The lowest BCUT2D eigenvalue weighted by atomic mass is 10.0. The van der Waals surface area contributed by atoms with Gasteiger partial charge in [-0.1, -0.05) is 11.6 Å². The molecule has 1 aromatic rings. The van der Waals surface area contributed by atoms with Crippen LogP contribution in [0.4, 0.5) is 0 Å². The van der Waals surface area contributed by atoms with Crippen LogP contribution in [0, 0.1) is 13.8 Å². The van der Waals surface area contributed by atoms with Crippen LogP contribution in [0.5, 0.6) is 0 Å². The fourth-order valence-corrected chi connectivity index (χ4v) is 3.24. The Bertz CT molecular complexity index is 421. The van der Waals surface area contributed by atoms with Gasteiger partial charge in [-0.2, -0.15) is 0 Å². The Morgan fingerprint density at radius 1 is 1.25 bits per heavy atom. The first kappa shape index (κ1) is 15.8. The lowest BCUT2D eigenvalue weighted by Crippen LogP contribution is -2.37. The second-order valence-corrected chi connectivity index (χ2v) is 6.25. The number of aryl methyl sites for hydroxylation is 2. The standard InChI is InChI=1S/C16H25ClN2O/c1-12-7-14(17)8-13(2)16(12)10-18-9-15(20)11-19-5-3-4-6-19/h7-8,15,18,20H,3-6,9-11H2,1-2H3. The quantitative estimate of drug-likeness (QED) is 0.847. The smallest absolute Gasteiger partial charge is 0.0791 e. The van der Waals surface area contributed by atoms with Gasteiger partial charge in [0.2, 0.25) is 0 Å². The van der Waals surface area contributed by atoms with Crippen LogP contribution in [-0.2, 0) is 6.54 Å². The minimum atomic E-state index is -0.291. The normalized spacial score (nSPS) is 17.6. The van der Waals surface area contributed by atoms with Gasteiger partial charge in [0.05, 0.1) is 6.10 Å². The SMILES string of the molecule is Cc1cc(Cl)cc(C)c1CNCC(O)CN1CCCC1. The van der Waals surface area contributed by atoms with Crippen molar-refractivity contribution in [2.45, 2.75) is 39.3 Å². The topological polar surface area (TPSA) is 35.5 Å². The molecule has 112 valence electrons. The number of likely N-dealkylation sites (tertiary alicyclic amines) is 1. The third-order valence-electron chi connectivity index (χ3n) is 4.01. The summed E-state index contributed by atoms with van der Waals surface area (Å²) < 4.78 is 0. The maximum absolute atomic E-state index is 10.0. The number of halogens is 1. The average molecular weight is 297 g/mol. The van der Waals surface area contributed by atoms with Crippen LogP contribution in [0.15, 0.2) is 12.1 Å². The van der Waals surface area contributed by atoms with Gasteiger partial charge in [-0.05, 0) is 68.6 Å². The van der Waals surface area contributed by atoms with Crippen molar-refractivity contribution in [1.29, 1.82) is 0 Å². The highest BCUT2D eigenvalue weighted by Gasteiger charge is 2.15. The fraction of sp³-hybridized carbons (Fsp3) is 0.625. The molecule has 0 spiro atoms. The van der Waals surface area contributed by atoms with E-state index in [4.69, 9.17) is 11.6 Å². The molecule has 1 atom stereocenters. The summed E-state index contributed by atoms with van der Waals surface area (Å²) in [6.07, 6.45) is 2.24. The zero-order valence-electron chi connectivity index (χ0n) is 12.5. The van der Waals surface area contributed by atoms with Gasteiger partial charge in [0, 0.05) is 24.7 Å². The monoisotopic (exact) mass is 296 g/mol. The molecule has 0 bridgehead atoms. The van der Waals surface area contributed by atoms with E-state index in [0.29, 0.717) is 6.54 Å². The first-order chi connectivity index (χ1) is 9.56. The van der Waals surface area contributed by atoms with Gasteiger partial charge in [0.1, 0.15) is 0 Å². The van der Waals surface area contributed by atoms with Crippen molar-refractivity contribution in [3.05, 3.63) is 33.8 Å². The van der Waals surface area contributed by atoms with E-state index in [1.54, 1.807) is 0 Å². The molecule has 1 unspecified atom stereocenters. The minimum Gasteiger partial charge on any atom is -0.390 e. The summed E-state index contributed by atoms with van der Waals surface area (Å²) in [7, 11) is 0. The molecular formula is C16H25ClN2O. The lowest BCUT2D eigenvalue weighted by Gasteiger charge is -2.20. The van der Waals surface area contributed by atoms with Gasteiger partial charge in [0.25, 0.3) is 0 Å². The molecule has 2 rings (SSSR count). The van der Waals surface area contributed by atoms with E-state index >= 15 is 0 Å². The van der Waals surface area contributed by atoms with Crippen molar-refractivity contribution in [3.8, 4) is 0 Å². The van der Waals surface area contributed by atoms with Crippen LogP contribution in [0.25, 0.3) is 0 Å². The Labute approximate surface area is 126 Å². The molecule has 3 nitrogen and oxygen atoms in total. The Kier molecular flexibility index (Phi) is 5.85. The van der Waals surface area contributed by atoms with Crippen molar-refractivity contribution in [2.24, 2.45) is 0 Å². The van der Waals surface area contributed by atoms with E-state index in [1.165, 1.54) is 29.5 Å². The maximum Gasteiger partial charge on any atom is 0.0791 e. The van der Waals surface area contributed by atoms with Crippen LogP contribution in [0.3, 0.4) is 0 Å². The summed E-state index contributed by atoms with van der Waals surface area (Å²) in [6, 6.07) is 3.98. The number of benzene rings is 1. The molecule has 1 fully saturated rings. The second-order valence-electron chi connectivity index (χ2n) is 5.81.